The maximum atomic E-state index is 15.3. The normalized spacial score (nSPS) is 16.6. The van der Waals surface area contributed by atoms with Gasteiger partial charge in [-0.15, -0.1) is 0 Å². The minimum absolute atomic E-state index is 0.0252. The topological polar surface area (TPSA) is 1080 Å². The van der Waals surface area contributed by atoms with E-state index in [4.69, 9.17) is 17.2 Å². The molecule has 3 aromatic rings. The second kappa shape index (κ2) is 65.9. The number of amides is 10. The number of nitrogens with one attached hydrogen (secondary N) is 11. The van der Waals surface area contributed by atoms with E-state index in [2.05, 4.69) is 90.7 Å². The first-order chi connectivity index (χ1) is 69.5. The van der Waals surface area contributed by atoms with Crippen LogP contribution in [0.25, 0.3) is 11.2 Å². The zero-order valence-electron chi connectivity index (χ0n) is 79.5. The first kappa shape index (κ1) is 129. The number of aliphatic carboxylic acids is 4. The minimum atomic E-state index is -2.31. The van der Waals surface area contributed by atoms with Crippen LogP contribution < -0.4 is 75.9 Å². The number of nitrogens with zero attached hydrogens (tertiary/aromatic N) is 4. The molecule has 0 aliphatic rings. The molecule has 10 amide bonds. The second-order valence-corrected chi connectivity index (χ2v) is 34.9. The van der Waals surface area contributed by atoms with Gasteiger partial charge in [0.2, 0.25) is 59.1 Å². The number of anilines is 2. The number of hydrogen-bond donors (Lipinski definition) is 39. The van der Waals surface area contributed by atoms with Crippen molar-refractivity contribution < 1.29 is 209 Å². The summed E-state index contributed by atoms with van der Waals surface area (Å²) in [5, 5.41) is 264. The molecule has 1 aromatic carbocycles. The van der Waals surface area contributed by atoms with Crippen molar-refractivity contribution in [3.63, 3.8) is 0 Å². The van der Waals surface area contributed by atoms with Gasteiger partial charge >= 0.3 is 23.9 Å². The summed E-state index contributed by atoms with van der Waals surface area (Å²) < 4.78 is 0. The van der Waals surface area contributed by atoms with Crippen molar-refractivity contribution in [2.24, 2.45) is 40.1 Å². The van der Waals surface area contributed by atoms with Crippen molar-refractivity contribution in [2.45, 2.75) is 263 Å². The monoisotopic (exact) mass is 2140 g/mol. The third kappa shape index (κ3) is 46.0. The van der Waals surface area contributed by atoms with Gasteiger partial charge in [0.25, 0.3) is 11.5 Å². The number of aliphatic imine (C=N–C) groups is 1. The van der Waals surface area contributed by atoms with Gasteiger partial charge in [0, 0.05) is 144 Å². The van der Waals surface area contributed by atoms with E-state index < -0.39 is 456 Å². The smallest absolute Gasteiger partial charge is 0.327 e. The third-order valence-corrected chi connectivity index (χ3v) is 23.4. The third-order valence-electron chi connectivity index (χ3n) is 23.0. The fourth-order valence-corrected chi connectivity index (χ4v) is 14.3. The number of benzene rings is 1. The van der Waals surface area contributed by atoms with Gasteiger partial charge in [0.1, 0.15) is 91.1 Å². The highest BCUT2D eigenvalue weighted by atomic mass is 32.1. The number of fused-ring (bicyclic) bond motifs is 1. The number of hydrogen-bond acceptors (Lipinski definition) is 45. The quantitative estimate of drug-likeness (QED) is 0.0142. The molecular formula is C86H132N18O43S. The lowest BCUT2D eigenvalue weighted by Crippen LogP contribution is -2.50. The molecular weight excluding hydrogens is 2010 g/mol. The number of guanidine groups is 1. The maximum absolute atomic E-state index is 15.3. The second-order valence-electron chi connectivity index (χ2n) is 34.5. The van der Waals surface area contributed by atoms with Gasteiger partial charge in [-0.05, 0) is 75.6 Å². The number of H-pyrrole nitrogens is 1. The van der Waals surface area contributed by atoms with Crippen LogP contribution in [0.5, 0.6) is 0 Å². The molecule has 41 N–H and O–H groups in total. The largest absolute Gasteiger partial charge is 0.481 e. The molecule has 2 aromatic heterocycles. The first-order valence-corrected chi connectivity index (χ1v) is 46.6. The lowest BCUT2D eigenvalue weighted by Gasteiger charge is -2.27. The van der Waals surface area contributed by atoms with Crippen LogP contribution in [0.15, 0.2) is 40.2 Å². The maximum Gasteiger partial charge on any atom is 0.327 e. The Kier molecular flexibility index (Phi) is 57.7. The predicted molar refractivity (Wildman–Crippen MR) is 503 cm³/mol. The van der Waals surface area contributed by atoms with Gasteiger partial charge in [0.15, 0.2) is 34.5 Å². The number of carboxylic acid groups (broad SMARTS) is 4. The summed E-state index contributed by atoms with van der Waals surface area (Å²) >= 11 is 3.91. The Morgan fingerprint density at radius 2 is 0.703 bits per heavy atom. The molecule has 0 aliphatic carbocycles. The van der Waals surface area contributed by atoms with Crippen LogP contribution in [0.2, 0.25) is 0 Å². The minimum Gasteiger partial charge on any atom is -0.481 e. The number of rotatable bonds is 75. The molecule has 0 radical (unpaired) electrons. The van der Waals surface area contributed by atoms with Crippen LogP contribution in [0, 0.1) is 23.7 Å². The lowest BCUT2D eigenvalue weighted by atomic mass is 9.88. The number of carbonyl (C=O) groups excluding carboxylic acids is 14. The molecule has 0 unspecified atom stereocenters. The SMILES string of the molecule is NC(N)=NC(=O)CC[C@H](NC(=O)[C@H](CCC(=O)NC[C@H](O)[C@@H](O)[C@H](O)[C@H](O)CO)CC(=O)[C@H](CCC(=O)O)NC(=O)[C@H](CCC(=O)NC[C@H](O)[C@@H](O)[C@H](O)[C@H](O)CO)CC(=O)CC[C@H](NC(=O)c1ccc(NCc2cnc3nc(N)[nH]c(=O)c3n2)cc1)C(=O)O)C(=O)C[C@@H](CCC(=O)NC[C@H](O)[C@@H](O)[C@H](O)[C@H](O)CO)C(=O)N[C@@H](CCC(=O)O)C(=O)C[C@@H](CCC(=O)NC[C@H](O)[C@@H](O)[C@H](O)[C@H](O)CO)C(=O)N[C@@H](CS)C(=O)O. The number of aliphatic hydroxyl groups is 20. The van der Waals surface area contributed by atoms with E-state index >= 15 is 19.2 Å². The van der Waals surface area contributed by atoms with E-state index in [9.17, 15) is 194 Å². The molecule has 62 heteroatoms. The molecule has 0 saturated heterocycles. The molecule has 0 saturated carbocycles. The molecule has 2 heterocycles. The van der Waals surface area contributed by atoms with Gasteiger partial charge in [-0.3, -0.25) is 86.5 Å². The van der Waals surface area contributed by atoms with Gasteiger partial charge in [-0.1, -0.05) is 0 Å². The van der Waals surface area contributed by atoms with Gasteiger partial charge in [0.05, 0.1) is 87.4 Å². The number of aromatic amines is 1. The summed E-state index contributed by atoms with van der Waals surface area (Å²) in [6.07, 6.45) is -52.7. The Morgan fingerprint density at radius 3 is 1.02 bits per heavy atom. The number of ketones is 4. The van der Waals surface area contributed by atoms with Crippen LogP contribution in [-0.4, -0.2) is 441 Å². The fourth-order valence-electron chi connectivity index (χ4n) is 14.1. The fraction of sp³-hybridized carbons (Fsp3) is 0.640. The van der Waals surface area contributed by atoms with Crippen molar-refractivity contribution in [3.05, 3.63) is 52.1 Å². The van der Waals surface area contributed by atoms with Gasteiger partial charge < -0.3 is 193 Å². The summed E-state index contributed by atoms with van der Waals surface area (Å²) in [6.45, 7) is -8.37. The summed E-state index contributed by atoms with van der Waals surface area (Å²) in [5.74, 6) is -34.2. The Bertz CT molecular complexity index is 5010. The number of nitrogens with two attached hydrogens (primary N) is 3. The van der Waals surface area contributed by atoms with Crippen LogP contribution in [0.1, 0.15) is 144 Å². The number of carboxylic acids is 4. The van der Waals surface area contributed by atoms with E-state index in [0.29, 0.717) is 5.69 Å². The molecule has 3 rings (SSSR count). The van der Waals surface area contributed by atoms with E-state index in [-0.39, 0.29) is 34.9 Å². The van der Waals surface area contributed by atoms with Crippen LogP contribution in [-0.2, 0) is 88.1 Å². The van der Waals surface area contributed by atoms with Crippen molar-refractivity contribution >= 4 is 147 Å². The van der Waals surface area contributed by atoms with Crippen LogP contribution in [0.4, 0.5) is 11.6 Å². The van der Waals surface area contributed by atoms with Crippen molar-refractivity contribution in [1.29, 1.82) is 0 Å². The Balaban J connectivity index is 2.28. The van der Waals surface area contributed by atoms with Crippen molar-refractivity contribution in [2.75, 3.05) is 69.4 Å². The van der Waals surface area contributed by atoms with Crippen molar-refractivity contribution in [3.8, 4) is 0 Å². The highest BCUT2D eigenvalue weighted by molar-refractivity contribution is 7.80. The van der Waals surface area contributed by atoms with E-state index in [1.54, 1.807) is 0 Å². The number of nitrogen functional groups attached to an aromatic ring is 1. The van der Waals surface area contributed by atoms with Crippen LogP contribution >= 0.6 is 12.6 Å². The molecule has 0 bridgehead atoms. The number of aliphatic hydroxyl groups excluding tert-OH is 20. The summed E-state index contributed by atoms with van der Waals surface area (Å²) in [5.41, 5.74) is 16.2. The highest BCUT2D eigenvalue weighted by Gasteiger charge is 2.41. The van der Waals surface area contributed by atoms with Crippen molar-refractivity contribution in [1.82, 2.24) is 67.8 Å². The Labute approximate surface area is 845 Å². The van der Waals surface area contributed by atoms with Crippen LogP contribution in [0.3, 0.4) is 0 Å². The van der Waals surface area contributed by atoms with E-state index in [1.165, 1.54) is 30.5 Å². The lowest BCUT2D eigenvalue weighted by molar-refractivity contribution is -0.142. The number of Topliss-reactive ketones (excluding diaryl/α,β-unsaturated/α-hetero) is 4. The summed E-state index contributed by atoms with van der Waals surface area (Å²) in [7, 11) is 0. The molecule has 25 atom stereocenters. The number of thiol groups is 1. The highest BCUT2D eigenvalue weighted by Crippen LogP contribution is 2.26. The van der Waals surface area contributed by atoms with E-state index in [1.807, 2.05) is 0 Å². The Hall–Kier alpha value is -12.7. The first-order valence-electron chi connectivity index (χ1n) is 46.0. The predicted octanol–water partition coefficient (Wildman–Crippen LogP) is -16.2. The van der Waals surface area contributed by atoms with Gasteiger partial charge in [-0.2, -0.15) is 22.6 Å². The average molecular weight is 2140 g/mol. The molecule has 148 heavy (non-hydrogen) atoms. The summed E-state index contributed by atoms with van der Waals surface area (Å²) in [4.78, 5) is 279. The molecule has 830 valence electrons. The number of aromatic nitrogens is 4. The molecule has 0 spiro atoms. The average Bonchev–Trinajstić information content (AvgIpc) is 0.805. The zero-order chi connectivity index (χ0) is 112. The molecule has 61 nitrogen and oxygen atoms in total. The number of carbonyl (C=O) groups is 18. The van der Waals surface area contributed by atoms with Gasteiger partial charge in [-0.25, -0.2) is 19.6 Å². The zero-order valence-corrected chi connectivity index (χ0v) is 80.4. The standard InChI is InChI=1S/C86H132N18O43S/c87-85(88)102-64(125)18-11-44(49(110)22-38(4-15-61(122)92-28-53(114)69(131)73(135)57(118)32-106)80(141)99-46(13-20-66(128)129)51(112)24-40(81(142)101-48(35-148)84(146)147)6-17-63(124)94-30-55(116)71(133)75(137)59(120)34-108)97-79(140)39(5-16-62(123)93-29-54(115)70(132)74(136)58(119)33-107)23-50(111)45(12-19-65(126)127)98-78(139)37(3-14-60(121)91-27-52(113)68(130)72(134)56(117)31-105)21-43(109)9-10-47(83(144)145)100-77(138)36-1-7-41(8-2-36)90-25-42-26-95-76-67(96-42)82(143)104-86(89)103-76/h1-2,7-8,26,37-40,44-48,52-59,68-75,90,105-108,113-120,130-137,148H,3-6,9-25,27-35H2,(H,91,121)(H,92,122)(H,93,123)(H,94,124)(H,97,140)(H,98,139)(H,99,141)(H,100,138)(H,101,142)(H,126,127)(H,128,129)(H,144,145)(H,146,147)(H4,87,88,102,125)(H3,89,95,103,104,143)/t37-,38-,39-,40-,44+,45+,46+,47+,48+,52+,53+,54+,55+,56-,57-,58-,59-,68-,69-,70-,71-,72-,73-,74-,75-/m1/s1. The summed E-state index contributed by atoms with van der Waals surface area (Å²) in [6, 6.07) is -4.92. The molecule has 0 fully saturated rings. The van der Waals surface area contributed by atoms with E-state index in [0.717, 1.165) is 0 Å². The Morgan fingerprint density at radius 1 is 0.385 bits per heavy atom. The molecule has 0 aliphatic heterocycles.